The Bertz CT molecular complexity index is 488. The SMILES string of the molecule is CCOC(=O)C1CCC(Nc2ccccc2C2CC2)CC1. The standard InChI is InChI=1S/C18H25NO2/c1-2-21-18(20)14-9-11-15(12-10-14)19-17-6-4-3-5-16(17)13-7-8-13/h3-6,13-15,19H,2,7-12H2,1H3. The lowest BCUT2D eigenvalue weighted by Gasteiger charge is -2.29. The Morgan fingerprint density at radius 1 is 1.14 bits per heavy atom. The first-order chi connectivity index (χ1) is 10.3. The van der Waals surface area contributed by atoms with Crippen molar-refractivity contribution in [2.75, 3.05) is 11.9 Å². The van der Waals surface area contributed by atoms with E-state index in [0.29, 0.717) is 12.6 Å². The summed E-state index contributed by atoms with van der Waals surface area (Å²) in [5.74, 6) is 0.876. The van der Waals surface area contributed by atoms with Crippen LogP contribution in [-0.4, -0.2) is 18.6 Å². The summed E-state index contributed by atoms with van der Waals surface area (Å²) < 4.78 is 5.13. The Morgan fingerprint density at radius 2 is 1.86 bits per heavy atom. The van der Waals surface area contributed by atoms with Crippen LogP contribution >= 0.6 is 0 Å². The van der Waals surface area contributed by atoms with Crippen molar-refractivity contribution in [3.8, 4) is 0 Å². The molecule has 1 aromatic carbocycles. The van der Waals surface area contributed by atoms with E-state index in [0.717, 1.165) is 31.6 Å². The molecule has 2 saturated carbocycles. The monoisotopic (exact) mass is 287 g/mol. The molecular formula is C18H25NO2. The number of benzene rings is 1. The van der Waals surface area contributed by atoms with Gasteiger partial charge in [-0.25, -0.2) is 0 Å². The number of ether oxygens (including phenoxy) is 1. The molecule has 1 aromatic rings. The van der Waals surface area contributed by atoms with E-state index in [9.17, 15) is 4.79 Å². The van der Waals surface area contributed by atoms with Gasteiger partial charge >= 0.3 is 5.97 Å². The molecule has 2 fully saturated rings. The second-order valence-electron chi connectivity index (χ2n) is 6.31. The fraction of sp³-hybridized carbons (Fsp3) is 0.611. The molecule has 0 radical (unpaired) electrons. The van der Waals surface area contributed by atoms with Crippen LogP contribution in [0.2, 0.25) is 0 Å². The van der Waals surface area contributed by atoms with Gasteiger partial charge in [0.15, 0.2) is 0 Å². The zero-order valence-electron chi connectivity index (χ0n) is 12.8. The summed E-state index contributed by atoms with van der Waals surface area (Å²) >= 11 is 0. The number of anilines is 1. The molecule has 0 spiro atoms. The maximum atomic E-state index is 11.8. The Morgan fingerprint density at radius 3 is 2.52 bits per heavy atom. The van der Waals surface area contributed by atoms with E-state index in [-0.39, 0.29) is 11.9 Å². The Labute approximate surface area is 127 Å². The van der Waals surface area contributed by atoms with Crippen LogP contribution in [0, 0.1) is 5.92 Å². The highest BCUT2D eigenvalue weighted by Gasteiger charge is 2.29. The molecule has 3 heteroatoms. The van der Waals surface area contributed by atoms with E-state index in [4.69, 9.17) is 4.74 Å². The fourth-order valence-electron chi connectivity index (χ4n) is 3.33. The van der Waals surface area contributed by atoms with Gasteiger partial charge in [-0.1, -0.05) is 18.2 Å². The molecule has 0 unspecified atom stereocenters. The van der Waals surface area contributed by atoms with Crippen LogP contribution in [0.25, 0.3) is 0 Å². The third-order valence-corrected chi connectivity index (χ3v) is 4.68. The summed E-state index contributed by atoms with van der Waals surface area (Å²) in [5, 5.41) is 3.71. The van der Waals surface area contributed by atoms with E-state index in [2.05, 4.69) is 29.6 Å². The smallest absolute Gasteiger partial charge is 0.308 e. The van der Waals surface area contributed by atoms with Crippen molar-refractivity contribution in [1.29, 1.82) is 0 Å². The maximum absolute atomic E-state index is 11.8. The molecule has 0 atom stereocenters. The highest BCUT2D eigenvalue weighted by molar-refractivity contribution is 5.72. The summed E-state index contributed by atoms with van der Waals surface area (Å²) in [6.07, 6.45) is 6.66. The van der Waals surface area contributed by atoms with Crippen LogP contribution < -0.4 is 5.32 Å². The van der Waals surface area contributed by atoms with Gasteiger partial charge in [-0.3, -0.25) is 4.79 Å². The molecular weight excluding hydrogens is 262 g/mol. The largest absolute Gasteiger partial charge is 0.466 e. The van der Waals surface area contributed by atoms with Crippen LogP contribution in [-0.2, 0) is 9.53 Å². The second-order valence-corrected chi connectivity index (χ2v) is 6.31. The average molecular weight is 287 g/mol. The highest BCUT2D eigenvalue weighted by atomic mass is 16.5. The predicted octanol–water partition coefficient (Wildman–Crippen LogP) is 4.10. The summed E-state index contributed by atoms with van der Waals surface area (Å²) in [6.45, 7) is 2.37. The molecule has 0 saturated heterocycles. The Kier molecular flexibility index (Phi) is 4.47. The van der Waals surface area contributed by atoms with Gasteiger partial charge in [-0.05, 0) is 63.0 Å². The lowest BCUT2D eigenvalue weighted by atomic mass is 9.86. The third kappa shape index (κ3) is 3.58. The number of hydrogen-bond donors (Lipinski definition) is 1. The highest BCUT2D eigenvalue weighted by Crippen LogP contribution is 2.43. The third-order valence-electron chi connectivity index (χ3n) is 4.68. The summed E-state index contributed by atoms with van der Waals surface area (Å²) in [6, 6.07) is 9.19. The minimum atomic E-state index is -0.00525. The van der Waals surface area contributed by atoms with Crippen LogP contribution in [0.5, 0.6) is 0 Å². The number of nitrogens with one attached hydrogen (secondary N) is 1. The van der Waals surface area contributed by atoms with Crippen LogP contribution in [0.15, 0.2) is 24.3 Å². The molecule has 3 nitrogen and oxygen atoms in total. The molecule has 0 heterocycles. The van der Waals surface area contributed by atoms with Crippen LogP contribution in [0.1, 0.15) is 56.9 Å². The first-order valence-corrected chi connectivity index (χ1v) is 8.30. The Balaban J connectivity index is 1.55. The molecule has 0 aromatic heterocycles. The molecule has 21 heavy (non-hydrogen) atoms. The summed E-state index contributed by atoms with van der Waals surface area (Å²) in [5.41, 5.74) is 2.78. The minimum Gasteiger partial charge on any atom is -0.466 e. The molecule has 114 valence electrons. The van der Waals surface area contributed by atoms with Crippen molar-refractivity contribution in [3.05, 3.63) is 29.8 Å². The van der Waals surface area contributed by atoms with Gasteiger partial charge in [0.05, 0.1) is 12.5 Å². The van der Waals surface area contributed by atoms with Gasteiger partial charge in [-0.15, -0.1) is 0 Å². The number of carbonyl (C=O) groups excluding carboxylic acids is 1. The fourth-order valence-corrected chi connectivity index (χ4v) is 3.33. The minimum absolute atomic E-state index is 0.00525. The number of rotatable bonds is 5. The van der Waals surface area contributed by atoms with Gasteiger partial charge in [0.25, 0.3) is 0 Å². The van der Waals surface area contributed by atoms with E-state index in [1.54, 1.807) is 0 Å². The zero-order valence-corrected chi connectivity index (χ0v) is 12.8. The molecule has 1 N–H and O–H groups in total. The van der Waals surface area contributed by atoms with Crippen molar-refractivity contribution < 1.29 is 9.53 Å². The summed E-state index contributed by atoms with van der Waals surface area (Å²) in [7, 11) is 0. The molecule has 0 amide bonds. The first kappa shape index (κ1) is 14.4. The lowest BCUT2D eigenvalue weighted by molar-refractivity contribution is -0.149. The van der Waals surface area contributed by atoms with Crippen molar-refractivity contribution in [3.63, 3.8) is 0 Å². The summed E-state index contributed by atoms with van der Waals surface area (Å²) in [4.78, 5) is 11.8. The lowest BCUT2D eigenvalue weighted by Crippen LogP contribution is -2.30. The number of hydrogen-bond acceptors (Lipinski definition) is 3. The molecule has 3 rings (SSSR count). The maximum Gasteiger partial charge on any atom is 0.308 e. The number of esters is 1. The molecule has 0 aliphatic heterocycles. The molecule has 2 aliphatic rings. The zero-order chi connectivity index (χ0) is 14.7. The van der Waals surface area contributed by atoms with Gasteiger partial charge in [-0.2, -0.15) is 0 Å². The number of para-hydroxylation sites is 1. The van der Waals surface area contributed by atoms with Crippen molar-refractivity contribution in [1.82, 2.24) is 0 Å². The normalized spacial score (nSPS) is 25.4. The van der Waals surface area contributed by atoms with Crippen molar-refractivity contribution >= 4 is 11.7 Å². The van der Waals surface area contributed by atoms with Crippen molar-refractivity contribution in [2.24, 2.45) is 5.92 Å². The van der Waals surface area contributed by atoms with Gasteiger partial charge in [0.2, 0.25) is 0 Å². The quantitative estimate of drug-likeness (QED) is 0.829. The van der Waals surface area contributed by atoms with Crippen LogP contribution in [0.3, 0.4) is 0 Å². The van der Waals surface area contributed by atoms with E-state index in [1.165, 1.54) is 24.1 Å². The second kappa shape index (κ2) is 6.50. The first-order valence-electron chi connectivity index (χ1n) is 8.30. The van der Waals surface area contributed by atoms with Crippen molar-refractivity contribution in [2.45, 2.75) is 57.4 Å². The molecule has 0 bridgehead atoms. The van der Waals surface area contributed by atoms with Gasteiger partial charge < -0.3 is 10.1 Å². The Hall–Kier alpha value is -1.51. The average Bonchev–Trinajstić information content (AvgIpc) is 3.33. The van der Waals surface area contributed by atoms with Crippen LogP contribution in [0.4, 0.5) is 5.69 Å². The van der Waals surface area contributed by atoms with Gasteiger partial charge in [0.1, 0.15) is 0 Å². The van der Waals surface area contributed by atoms with Gasteiger partial charge in [0, 0.05) is 11.7 Å². The van der Waals surface area contributed by atoms with E-state index < -0.39 is 0 Å². The van der Waals surface area contributed by atoms with E-state index >= 15 is 0 Å². The number of carbonyl (C=O) groups is 1. The predicted molar refractivity (Wildman–Crippen MR) is 84.4 cm³/mol. The molecule has 2 aliphatic carbocycles. The van der Waals surface area contributed by atoms with E-state index in [1.807, 2.05) is 6.92 Å². The topological polar surface area (TPSA) is 38.3 Å².